The number of hydrogen-bond acceptors (Lipinski definition) is 4. The summed E-state index contributed by atoms with van der Waals surface area (Å²) in [5.74, 6) is 0.842. The molecule has 134 valence electrons. The summed E-state index contributed by atoms with van der Waals surface area (Å²) in [5.41, 5.74) is 3.77. The lowest BCUT2D eigenvalue weighted by molar-refractivity contribution is 0.344. The van der Waals surface area contributed by atoms with Gasteiger partial charge in [0.05, 0.1) is 23.2 Å². The number of pyridine rings is 1. The molecule has 1 aromatic carbocycles. The van der Waals surface area contributed by atoms with Crippen LogP contribution < -0.4 is 20.9 Å². The summed E-state index contributed by atoms with van der Waals surface area (Å²) in [6.07, 6.45) is 1.81. The molecule has 1 aliphatic heterocycles. The van der Waals surface area contributed by atoms with E-state index in [0.717, 1.165) is 65.9 Å². The summed E-state index contributed by atoms with van der Waals surface area (Å²) >= 11 is 0. The number of benzene rings is 1. The molecular formula is C17H25Cl2N3O2. The van der Waals surface area contributed by atoms with E-state index in [0.29, 0.717) is 6.61 Å². The quantitative estimate of drug-likeness (QED) is 0.752. The van der Waals surface area contributed by atoms with Crippen molar-refractivity contribution < 1.29 is 4.74 Å². The van der Waals surface area contributed by atoms with Gasteiger partial charge in [0.2, 0.25) is 0 Å². The van der Waals surface area contributed by atoms with Crippen molar-refractivity contribution in [3.8, 4) is 5.75 Å². The van der Waals surface area contributed by atoms with Crippen LogP contribution >= 0.6 is 24.8 Å². The zero-order valence-corrected chi connectivity index (χ0v) is 15.7. The number of aromatic amines is 1. The van der Waals surface area contributed by atoms with E-state index in [4.69, 9.17) is 4.74 Å². The Balaban J connectivity index is 0.00000144. The van der Waals surface area contributed by atoms with Crippen molar-refractivity contribution in [2.24, 2.45) is 0 Å². The minimum Gasteiger partial charge on any atom is -0.493 e. The van der Waals surface area contributed by atoms with Gasteiger partial charge in [-0.05, 0) is 44.0 Å². The molecule has 1 aromatic heterocycles. The van der Waals surface area contributed by atoms with Crippen molar-refractivity contribution in [2.75, 3.05) is 25.0 Å². The summed E-state index contributed by atoms with van der Waals surface area (Å²) in [4.78, 5) is 15.4. The van der Waals surface area contributed by atoms with Crippen LogP contribution in [0.3, 0.4) is 0 Å². The van der Waals surface area contributed by atoms with Crippen LogP contribution in [0.1, 0.15) is 31.4 Å². The van der Waals surface area contributed by atoms with E-state index in [-0.39, 0.29) is 30.4 Å². The number of halogens is 2. The van der Waals surface area contributed by atoms with Crippen LogP contribution in [-0.2, 0) is 13.0 Å². The van der Waals surface area contributed by atoms with E-state index in [1.165, 1.54) is 0 Å². The average Bonchev–Trinajstić information content (AvgIpc) is 2.53. The Hall–Kier alpha value is -1.43. The number of anilines is 1. The average molecular weight is 374 g/mol. The van der Waals surface area contributed by atoms with E-state index < -0.39 is 0 Å². The highest BCUT2D eigenvalue weighted by Gasteiger charge is 2.19. The van der Waals surface area contributed by atoms with Crippen molar-refractivity contribution in [1.29, 1.82) is 0 Å². The number of rotatable bonds is 5. The second kappa shape index (κ2) is 9.16. The Labute approximate surface area is 154 Å². The fourth-order valence-electron chi connectivity index (χ4n) is 3.04. The summed E-state index contributed by atoms with van der Waals surface area (Å²) in [5, 5.41) is 7.70. The molecule has 5 nitrogen and oxygen atoms in total. The van der Waals surface area contributed by atoms with Crippen LogP contribution in [0.2, 0.25) is 0 Å². The molecule has 3 N–H and O–H groups in total. The van der Waals surface area contributed by atoms with Crippen molar-refractivity contribution in [1.82, 2.24) is 10.3 Å². The molecule has 7 heteroatoms. The van der Waals surface area contributed by atoms with Gasteiger partial charge < -0.3 is 20.4 Å². The molecule has 0 radical (unpaired) electrons. The number of aromatic nitrogens is 1. The van der Waals surface area contributed by atoms with E-state index in [9.17, 15) is 4.79 Å². The van der Waals surface area contributed by atoms with Crippen molar-refractivity contribution in [3.63, 3.8) is 0 Å². The first kappa shape index (κ1) is 20.6. The molecule has 0 unspecified atom stereocenters. The molecule has 24 heavy (non-hydrogen) atoms. The Bertz CT molecular complexity index is 747. The van der Waals surface area contributed by atoms with E-state index in [2.05, 4.69) is 28.6 Å². The molecule has 0 aliphatic carbocycles. The highest BCUT2D eigenvalue weighted by Crippen LogP contribution is 2.35. The van der Waals surface area contributed by atoms with Gasteiger partial charge in [0.15, 0.2) is 0 Å². The van der Waals surface area contributed by atoms with Gasteiger partial charge >= 0.3 is 0 Å². The number of H-pyrrole nitrogens is 1. The zero-order chi connectivity index (χ0) is 15.5. The van der Waals surface area contributed by atoms with Gasteiger partial charge in [0, 0.05) is 18.7 Å². The van der Waals surface area contributed by atoms with Crippen LogP contribution in [0.15, 0.2) is 16.9 Å². The van der Waals surface area contributed by atoms with Crippen LogP contribution in [-0.4, -0.2) is 24.7 Å². The van der Waals surface area contributed by atoms with E-state index >= 15 is 0 Å². The molecule has 2 heterocycles. The number of hydrogen-bond donors (Lipinski definition) is 3. The number of fused-ring (bicyclic) bond motifs is 3. The highest BCUT2D eigenvalue weighted by atomic mass is 35.5. The molecule has 0 bridgehead atoms. The Morgan fingerprint density at radius 3 is 2.75 bits per heavy atom. The molecule has 0 amide bonds. The largest absolute Gasteiger partial charge is 0.493 e. The lowest BCUT2D eigenvalue weighted by Gasteiger charge is -2.21. The third-order valence-corrected chi connectivity index (χ3v) is 4.02. The molecule has 0 spiro atoms. The van der Waals surface area contributed by atoms with Gasteiger partial charge in [0.1, 0.15) is 5.75 Å². The molecule has 0 saturated heterocycles. The van der Waals surface area contributed by atoms with Crippen LogP contribution in [0, 0.1) is 0 Å². The maximum atomic E-state index is 12.3. The third kappa shape index (κ3) is 3.97. The van der Waals surface area contributed by atoms with Crippen LogP contribution in [0.5, 0.6) is 5.75 Å². The smallest absolute Gasteiger partial charge is 0.253 e. The van der Waals surface area contributed by atoms with Gasteiger partial charge in [-0.2, -0.15) is 0 Å². The lowest BCUT2D eigenvalue weighted by atomic mass is 9.99. The van der Waals surface area contributed by atoms with Crippen molar-refractivity contribution >= 4 is 41.4 Å². The van der Waals surface area contributed by atoms with E-state index in [1.54, 1.807) is 0 Å². The van der Waals surface area contributed by atoms with Gasteiger partial charge in [-0.3, -0.25) is 4.79 Å². The molecule has 1 aliphatic rings. The predicted octanol–water partition coefficient (Wildman–Crippen LogP) is 3.24. The van der Waals surface area contributed by atoms with Gasteiger partial charge in [-0.15, -0.1) is 24.8 Å². The normalized spacial score (nSPS) is 12.6. The summed E-state index contributed by atoms with van der Waals surface area (Å²) in [6, 6.07) is 4.11. The maximum absolute atomic E-state index is 12.3. The first-order chi connectivity index (χ1) is 10.7. The molecule has 3 rings (SSSR count). The first-order valence-electron chi connectivity index (χ1n) is 8.03. The topological polar surface area (TPSA) is 66.1 Å². The predicted molar refractivity (Wildman–Crippen MR) is 104 cm³/mol. The Morgan fingerprint density at radius 2 is 2.04 bits per heavy atom. The second-order valence-corrected chi connectivity index (χ2v) is 5.57. The number of nitrogens with one attached hydrogen (secondary N) is 3. The zero-order valence-electron chi connectivity index (χ0n) is 14.0. The van der Waals surface area contributed by atoms with Crippen LogP contribution in [0.4, 0.5) is 5.69 Å². The van der Waals surface area contributed by atoms with Gasteiger partial charge in [-0.1, -0.05) is 6.92 Å². The Kier molecular flexibility index (Phi) is 7.87. The highest BCUT2D eigenvalue weighted by molar-refractivity contribution is 5.98. The first-order valence-corrected chi connectivity index (χ1v) is 8.03. The fraction of sp³-hybridized carbons (Fsp3) is 0.471. The molecule has 0 fully saturated rings. The minimum atomic E-state index is 0. The number of ether oxygens (including phenoxy) is 1. The van der Waals surface area contributed by atoms with Crippen molar-refractivity contribution in [2.45, 2.75) is 33.2 Å². The standard InChI is InChI=1S/C17H23N3O2.2ClH/c1-3-18-10-11-8-13-15(14(9-11)22-4-2)16-12(17(21)20-13)6-5-7-19-16;;/h8-9,18-19H,3-7,10H2,1-2H3,(H,20,21);2*1H. The second-order valence-electron chi connectivity index (χ2n) is 5.57. The maximum Gasteiger partial charge on any atom is 0.253 e. The van der Waals surface area contributed by atoms with E-state index in [1.807, 2.05) is 13.0 Å². The fourth-order valence-corrected chi connectivity index (χ4v) is 3.04. The summed E-state index contributed by atoms with van der Waals surface area (Å²) in [6.45, 7) is 7.23. The summed E-state index contributed by atoms with van der Waals surface area (Å²) in [7, 11) is 0. The minimum absolute atomic E-state index is 0. The van der Waals surface area contributed by atoms with Crippen molar-refractivity contribution in [3.05, 3.63) is 33.6 Å². The van der Waals surface area contributed by atoms with Crippen LogP contribution in [0.25, 0.3) is 10.9 Å². The molecule has 0 saturated carbocycles. The molecular weight excluding hydrogens is 349 g/mol. The monoisotopic (exact) mass is 373 g/mol. The third-order valence-electron chi connectivity index (χ3n) is 4.02. The Morgan fingerprint density at radius 1 is 1.25 bits per heavy atom. The molecule has 0 atom stereocenters. The SMILES string of the molecule is CCNCc1cc(OCC)c2c3c(c(=O)[nH]c2c1)CCCN3.Cl.Cl. The summed E-state index contributed by atoms with van der Waals surface area (Å²) < 4.78 is 5.86. The lowest BCUT2D eigenvalue weighted by Crippen LogP contribution is -2.22. The van der Waals surface area contributed by atoms with Gasteiger partial charge in [-0.25, -0.2) is 0 Å². The van der Waals surface area contributed by atoms with Gasteiger partial charge in [0.25, 0.3) is 5.56 Å². The molecule has 2 aromatic rings.